The van der Waals surface area contributed by atoms with Crippen molar-refractivity contribution in [1.29, 1.82) is 0 Å². The van der Waals surface area contributed by atoms with Crippen molar-refractivity contribution in [1.82, 2.24) is 4.90 Å². The molecular weight excluding hydrogens is 440 g/mol. The topological polar surface area (TPSA) is 62.8 Å². The number of aryl methyl sites for hydroxylation is 1. The number of halogens is 2. The minimum atomic E-state index is -3.28. The molecule has 0 saturated carbocycles. The molecule has 2 aliphatic heterocycles. The van der Waals surface area contributed by atoms with E-state index in [1.165, 1.54) is 37.5 Å². The maximum atomic E-state index is 13.1. The van der Waals surface area contributed by atoms with E-state index in [1.807, 2.05) is 25.1 Å². The zero-order valence-electron chi connectivity index (χ0n) is 19.4. The van der Waals surface area contributed by atoms with E-state index in [-0.39, 0.29) is 18.2 Å². The number of hydrogen-bond donors (Lipinski definition) is 2. The molecule has 2 aromatic carbocycles. The lowest BCUT2D eigenvalue weighted by molar-refractivity contribution is -0.158. The molecule has 6 nitrogen and oxygen atoms in total. The van der Waals surface area contributed by atoms with Crippen molar-refractivity contribution in [3.63, 3.8) is 0 Å². The molecule has 2 aromatic rings. The molecule has 1 saturated heterocycles. The molecular formula is C26H29F2N3O3. The van der Waals surface area contributed by atoms with Crippen LogP contribution in [0.1, 0.15) is 37.3 Å². The third kappa shape index (κ3) is 6.39. The van der Waals surface area contributed by atoms with E-state index in [4.69, 9.17) is 4.74 Å². The maximum absolute atomic E-state index is 13.1. The van der Waals surface area contributed by atoms with Crippen LogP contribution < -0.4 is 20.1 Å². The van der Waals surface area contributed by atoms with E-state index in [2.05, 4.69) is 32.1 Å². The Labute approximate surface area is 198 Å². The summed E-state index contributed by atoms with van der Waals surface area (Å²) in [7, 11) is 0. The highest BCUT2D eigenvalue weighted by molar-refractivity contribution is 5.96. The minimum Gasteiger partial charge on any atom is -0.477 e. The van der Waals surface area contributed by atoms with Gasteiger partial charge in [-0.25, -0.2) is 0 Å². The first-order valence-electron chi connectivity index (χ1n) is 11.5. The standard InChI is InChI=1S/C26H29F2N3O3/c1-18-8-10-21(19(15-18)7-6-14-31-12-4-3-5-13-31)30-25(32)24-17-29-22-16-20(34-26(2,27)28)9-11-23(22)33-24/h8-11,15-16,24,29H,3-5,12-14,17H2,1-2H3,(H,30,32). The number of ether oxygens (including phenoxy) is 2. The number of fused-ring (bicyclic) bond motifs is 1. The molecule has 0 spiro atoms. The van der Waals surface area contributed by atoms with Gasteiger partial charge in [0.2, 0.25) is 0 Å². The summed E-state index contributed by atoms with van der Waals surface area (Å²) < 4.78 is 36.6. The Morgan fingerprint density at radius 1 is 1.24 bits per heavy atom. The van der Waals surface area contributed by atoms with Crippen molar-refractivity contribution in [2.45, 2.75) is 45.3 Å². The van der Waals surface area contributed by atoms with Crippen LogP contribution in [0.3, 0.4) is 0 Å². The lowest BCUT2D eigenvalue weighted by atomic mass is 10.1. The molecule has 1 unspecified atom stereocenters. The van der Waals surface area contributed by atoms with Crippen LogP contribution in [0.2, 0.25) is 0 Å². The number of amides is 1. The average molecular weight is 470 g/mol. The number of nitrogens with one attached hydrogen (secondary N) is 2. The monoisotopic (exact) mass is 469 g/mol. The van der Waals surface area contributed by atoms with Gasteiger partial charge in [-0.2, -0.15) is 8.78 Å². The highest BCUT2D eigenvalue weighted by Crippen LogP contribution is 2.34. The summed E-state index contributed by atoms with van der Waals surface area (Å²) in [5, 5.41) is 5.98. The van der Waals surface area contributed by atoms with Crippen molar-refractivity contribution in [2.24, 2.45) is 0 Å². The first kappa shape index (κ1) is 23.8. The van der Waals surface area contributed by atoms with Gasteiger partial charge in [-0.15, -0.1) is 0 Å². The number of nitrogens with zero attached hydrogens (tertiary/aromatic N) is 1. The number of benzene rings is 2. The third-order valence-corrected chi connectivity index (χ3v) is 5.70. The summed E-state index contributed by atoms with van der Waals surface area (Å²) in [6.07, 6.45) is -0.363. The fourth-order valence-corrected chi connectivity index (χ4v) is 4.01. The first-order valence-corrected chi connectivity index (χ1v) is 11.5. The zero-order valence-corrected chi connectivity index (χ0v) is 19.4. The average Bonchev–Trinajstić information content (AvgIpc) is 2.80. The smallest absolute Gasteiger partial charge is 0.394 e. The fraction of sp³-hybridized carbons (Fsp3) is 0.423. The Bertz CT molecular complexity index is 1100. The van der Waals surface area contributed by atoms with Gasteiger partial charge in [0.15, 0.2) is 6.10 Å². The quantitative estimate of drug-likeness (QED) is 0.625. The Balaban J connectivity index is 1.41. The van der Waals surface area contributed by atoms with Crippen LogP contribution in [0.15, 0.2) is 36.4 Å². The largest absolute Gasteiger partial charge is 0.477 e. The van der Waals surface area contributed by atoms with Crippen LogP contribution in [0.4, 0.5) is 20.2 Å². The molecule has 1 amide bonds. The number of anilines is 2. The number of alkyl halides is 2. The predicted octanol–water partition coefficient (Wildman–Crippen LogP) is 4.64. The molecule has 4 rings (SSSR count). The molecule has 1 atom stereocenters. The normalized spacial score (nSPS) is 17.9. The zero-order chi connectivity index (χ0) is 24.1. The van der Waals surface area contributed by atoms with Crippen LogP contribution in [-0.4, -0.2) is 49.2 Å². The van der Waals surface area contributed by atoms with Crippen molar-refractivity contribution < 1.29 is 23.0 Å². The second kappa shape index (κ2) is 10.3. The van der Waals surface area contributed by atoms with Gasteiger partial charge in [0, 0.05) is 18.6 Å². The number of hydrogen-bond acceptors (Lipinski definition) is 5. The maximum Gasteiger partial charge on any atom is 0.394 e. The van der Waals surface area contributed by atoms with Crippen LogP contribution in [0.5, 0.6) is 11.5 Å². The minimum absolute atomic E-state index is 0.0117. The van der Waals surface area contributed by atoms with Crippen LogP contribution >= 0.6 is 0 Å². The summed E-state index contributed by atoms with van der Waals surface area (Å²) in [5.74, 6) is 6.54. The Morgan fingerprint density at radius 3 is 2.79 bits per heavy atom. The number of likely N-dealkylation sites (tertiary alicyclic amines) is 1. The van der Waals surface area contributed by atoms with Gasteiger partial charge >= 0.3 is 6.11 Å². The van der Waals surface area contributed by atoms with Gasteiger partial charge in [-0.3, -0.25) is 9.69 Å². The third-order valence-electron chi connectivity index (χ3n) is 5.70. The molecule has 34 heavy (non-hydrogen) atoms. The summed E-state index contributed by atoms with van der Waals surface area (Å²) in [4.78, 5) is 15.3. The molecule has 8 heteroatoms. The number of carbonyl (C=O) groups is 1. The second-order valence-corrected chi connectivity index (χ2v) is 8.73. The van der Waals surface area contributed by atoms with E-state index in [9.17, 15) is 13.6 Å². The van der Waals surface area contributed by atoms with Gasteiger partial charge in [-0.1, -0.05) is 24.3 Å². The highest BCUT2D eigenvalue weighted by Gasteiger charge is 2.28. The molecule has 2 N–H and O–H groups in total. The van der Waals surface area contributed by atoms with Crippen molar-refractivity contribution >= 4 is 17.3 Å². The lowest BCUT2D eigenvalue weighted by Gasteiger charge is -2.27. The van der Waals surface area contributed by atoms with Gasteiger partial charge in [0.05, 0.1) is 24.5 Å². The van der Waals surface area contributed by atoms with E-state index < -0.39 is 12.2 Å². The van der Waals surface area contributed by atoms with E-state index in [1.54, 1.807) is 0 Å². The Morgan fingerprint density at radius 2 is 2.03 bits per heavy atom. The number of rotatable bonds is 5. The first-order chi connectivity index (χ1) is 16.3. The predicted molar refractivity (Wildman–Crippen MR) is 128 cm³/mol. The number of carbonyl (C=O) groups excluding carboxylic acids is 1. The van der Waals surface area contributed by atoms with E-state index in [0.29, 0.717) is 30.6 Å². The molecule has 2 heterocycles. The molecule has 0 aliphatic carbocycles. The molecule has 180 valence electrons. The summed E-state index contributed by atoms with van der Waals surface area (Å²) in [6.45, 7) is 5.71. The second-order valence-electron chi connectivity index (χ2n) is 8.73. The summed E-state index contributed by atoms with van der Waals surface area (Å²) >= 11 is 0. The van der Waals surface area contributed by atoms with Gasteiger partial charge in [0.25, 0.3) is 5.91 Å². The molecule has 0 radical (unpaired) electrons. The molecule has 1 fully saturated rings. The Kier molecular flexibility index (Phi) is 7.23. The highest BCUT2D eigenvalue weighted by atomic mass is 19.3. The molecule has 2 aliphatic rings. The molecule has 0 bridgehead atoms. The van der Waals surface area contributed by atoms with Gasteiger partial charge < -0.3 is 20.1 Å². The summed E-state index contributed by atoms with van der Waals surface area (Å²) in [5.41, 5.74) is 2.94. The number of piperidine rings is 1. The van der Waals surface area contributed by atoms with Crippen molar-refractivity contribution in [3.05, 3.63) is 47.5 Å². The van der Waals surface area contributed by atoms with Gasteiger partial charge in [0.1, 0.15) is 11.5 Å². The van der Waals surface area contributed by atoms with Crippen molar-refractivity contribution in [3.8, 4) is 23.3 Å². The van der Waals surface area contributed by atoms with Crippen LogP contribution in [-0.2, 0) is 4.79 Å². The molecule has 0 aromatic heterocycles. The Hall–Kier alpha value is -3.31. The van der Waals surface area contributed by atoms with E-state index >= 15 is 0 Å². The van der Waals surface area contributed by atoms with Crippen molar-refractivity contribution in [2.75, 3.05) is 36.8 Å². The van der Waals surface area contributed by atoms with E-state index in [0.717, 1.165) is 24.2 Å². The summed E-state index contributed by atoms with van der Waals surface area (Å²) in [6, 6.07) is 10.0. The lowest BCUT2D eigenvalue weighted by Crippen LogP contribution is -2.41. The van der Waals surface area contributed by atoms with Crippen LogP contribution in [0, 0.1) is 18.8 Å². The van der Waals surface area contributed by atoms with Crippen LogP contribution in [0.25, 0.3) is 0 Å². The fourth-order valence-electron chi connectivity index (χ4n) is 4.01. The SMILES string of the molecule is Cc1ccc(NC(=O)C2CNc3cc(OC(C)(F)F)ccc3O2)c(C#CCN2CCCCC2)c1. The van der Waals surface area contributed by atoms with Gasteiger partial charge in [-0.05, 0) is 62.7 Å².